The third kappa shape index (κ3) is 3.31. The molecular weight excluding hydrogens is 307 g/mol. The van der Waals surface area contributed by atoms with E-state index in [4.69, 9.17) is 5.26 Å². The first kappa shape index (κ1) is 15.4. The van der Waals surface area contributed by atoms with Gasteiger partial charge >= 0.3 is 5.69 Å². The van der Waals surface area contributed by atoms with Gasteiger partial charge in [-0.1, -0.05) is 18.2 Å². The fraction of sp³-hybridized carbons (Fsp3) is 0.0556. The van der Waals surface area contributed by atoms with Crippen molar-refractivity contribution in [3.63, 3.8) is 0 Å². The first-order valence-corrected chi connectivity index (χ1v) is 7.23. The number of nitrogens with one attached hydrogen (secondary N) is 1. The molecule has 1 heterocycles. The van der Waals surface area contributed by atoms with Crippen LogP contribution in [0.15, 0.2) is 65.7 Å². The number of nitrogens with zero attached hydrogens (tertiary/aromatic N) is 3. The van der Waals surface area contributed by atoms with Crippen LogP contribution >= 0.6 is 0 Å². The molecule has 0 aliphatic rings. The van der Waals surface area contributed by atoms with Crippen molar-refractivity contribution in [2.45, 2.75) is 6.54 Å². The third-order valence-corrected chi connectivity index (χ3v) is 3.47. The highest BCUT2D eigenvalue weighted by atomic mass is 19.1. The summed E-state index contributed by atoms with van der Waals surface area (Å²) in [5.74, 6) is -0.569. The minimum atomic E-state index is -0.569. The standard InChI is InChI=1S/C18H13FN4O/c19-16-6-2-7-17(15(16)11-20)22-14-5-1-4-13(10-14)12-23-9-3-8-21-18(23)24/h1-10,22H,12H2. The van der Waals surface area contributed by atoms with E-state index in [2.05, 4.69) is 10.3 Å². The molecule has 3 aromatic rings. The molecule has 24 heavy (non-hydrogen) atoms. The second-order valence-corrected chi connectivity index (χ2v) is 5.13. The molecule has 6 heteroatoms. The van der Waals surface area contributed by atoms with E-state index in [1.54, 1.807) is 18.3 Å². The Kier molecular flexibility index (Phi) is 4.34. The number of rotatable bonds is 4. The van der Waals surface area contributed by atoms with Crippen LogP contribution in [0.4, 0.5) is 15.8 Å². The van der Waals surface area contributed by atoms with Gasteiger partial charge in [-0.15, -0.1) is 0 Å². The van der Waals surface area contributed by atoms with Crippen molar-refractivity contribution >= 4 is 11.4 Å². The van der Waals surface area contributed by atoms with Crippen LogP contribution in [0.25, 0.3) is 0 Å². The highest BCUT2D eigenvalue weighted by Crippen LogP contribution is 2.23. The normalized spacial score (nSPS) is 10.2. The summed E-state index contributed by atoms with van der Waals surface area (Å²) < 4.78 is 15.1. The smallest absolute Gasteiger partial charge is 0.347 e. The molecule has 0 atom stereocenters. The van der Waals surface area contributed by atoms with Crippen molar-refractivity contribution in [3.05, 3.63) is 88.4 Å². The first-order chi connectivity index (χ1) is 11.7. The SMILES string of the molecule is N#Cc1c(F)cccc1Nc1cccc(Cn2cccnc2=O)c1. The van der Waals surface area contributed by atoms with E-state index in [1.165, 1.54) is 22.9 Å². The molecule has 0 aliphatic heterocycles. The molecule has 2 aromatic carbocycles. The predicted octanol–water partition coefficient (Wildman–Crippen LogP) is 3.05. The average molecular weight is 320 g/mol. The maximum atomic E-state index is 13.7. The largest absolute Gasteiger partial charge is 0.354 e. The Morgan fingerprint density at radius 1 is 1.21 bits per heavy atom. The van der Waals surface area contributed by atoms with Crippen LogP contribution in [0.2, 0.25) is 0 Å². The van der Waals surface area contributed by atoms with Crippen molar-refractivity contribution in [1.29, 1.82) is 5.26 Å². The lowest BCUT2D eigenvalue weighted by molar-refractivity contribution is 0.624. The van der Waals surface area contributed by atoms with Crippen LogP contribution in [0.1, 0.15) is 11.1 Å². The molecule has 0 radical (unpaired) electrons. The number of nitriles is 1. The third-order valence-electron chi connectivity index (χ3n) is 3.47. The molecule has 5 nitrogen and oxygen atoms in total. The fourth-order valence-electron chi connectivity index (χ4n) is 2.35. The minimum absolute atomic E-state index is 0.0358. The van der Waals surface area contributed by atoms with Gasteiger partial charge < -0.3 is 5.32 Å². The molecule has 1 N–H and O–H groups in total. The Balaban J connectivity index is 1.87. The van der Waals surface area contributed by atoms with E-state index in [1.807, 2.05) is 30.3 Å². The van der Waals surface area contributed by atoms with Gasteiger partial charge in [-0.25, -0.2) is 14.2 Å². The van der Waals surface area contributed by atoms with E-state index >= 15 is 0 Å². The monoisotopic (exact) mass is 320 g/mol. The topological polar surface area (TPSA) is 70.7 Å². The number of halogens is 1. The summed E-state index contributed by atoms with van der Waals surface area (Å²) in [6, 6.07) is 15.3. The van der Waals surface area contributed by atoms with Crippen molar-refractivity contribution in [2.24, 2.45) is 0 Å². The van der Waals surface area contributed by atoms with Crippen LogP contribution in [-0.2, 0) is 6.54 Å². The number of anilines is 2. The lowest BCUT2D eigenvalue weighted by Crippen LogP contribution is -2.21. The number of hydrogen-bond donors (Lipinski definition) is 1. The number of benzene rings is 2. The summed E-state index contributed by atoms with van der Waals surface area (Å²) in [7, 11) is 0. The van der Waals surface area contributed by atoms with Gasteiger partial charge in [-0.3, -0.25) is 4.57 Å². The Morgan fingerprint density at radius 3 is 2.83 bits per heavy atom. The van der Waals surface area contributed by atoms with Gasteiger partial charge in [-0.05, 0) is 35.9 Å². The summed E-state index contributed by atoms with van der Waals surface area (Å²) in [6.07, 6.45) is 3.11. The maximum Gasteiger partial charge on any atom is 0.347 e. The van der Waals surface area contributed by atoms with E-state index in [-0.39, 0.29) is 11.3 Å². The van der Waals surface area contributed by atoms with Crippen LogP contribution in [0.5, 0.6) is 0 Å². The van der Waals surface area contributed by atoms with E-state index in [0.29, 0.717) is 17.9 Å². The minimum Gasteiger partial charge on any atom is -0.354 e. The highest BCUT2D eigenvalue weighted by Gasteiger charge is 2.08. The van der Waals surface area contributed by atoms with Gasteiger partial charge in [0.05, 0.1) is 12.2 Å². The van der Waals surface area contributed by atoms with Gasteiger partial charge in [-0.2, -0.15) is 5.26 Å². The zero-order valence-corrected chi connectivity index (χ0v) is 12.6. The maximum absolute atomic E-state index is 13.7. The van der Waals surface area contributed by atoms with E-state index in [9.17, 15) is 9.18 Å². The second-order valence-electron chi connectivity index (χ2n) is 5.13. The predicted molar refractivity (Wildman–Crippen MR) is 88.4 cm³/mol. The van der Waals surface area contributed by atoms with Crippen LogP contribution in [0.3, 0.4) is 0 Å². The molecule has 0 spiro atoms. The van der Waals surface area contributed by atoms with Gasteiger partial charge in [0.1, 0.15) is 17.4 Å². The quantitative estimate of drug-likeness (QED) is 0.802. The van der Waals surface area contributed by atoms with Crippen LogP contribution in [-0.4, -0.2) is 9.55 Å². The molecule has 1 aromatic heterocycles. The molecular formula is C18H13FN4O. The van der Waals surface area contributed by atoms with E-state index in [0.717, 1.165) is 5.56 Å². The fourth-order valence-corrected chi connectivity index (χ4v) is 2.35. The van der Waals surface area contributed by atoms with Crippen LogP contribution < -0.4 is 11.0 Å². The zero-order valence-electron chi connectivity index (χ0n) is 12.6. The summed E-state index contributed by atoms with van der Waals surface area (Å²) in [4.78, 5) is 15.4. The van der Waals surface area contributed by atoms with Crippen molar-refractivity contribution in [3.8, 4) is 6.07 Å². The average Bonchev–Trinajstić information content (AvgIpc) is 2.58. The van der Waals surface area contributed by atoms with E-state index < -0.39 is 5.82 Å². The molecule has 0 saturated carbocycles. The molecule has 3 rings (SSSR count). The van der Waals surface area contributed by atoms with Crippen molar-refractivity contribution < 1.29 is 4.39 Å². The number of aromatic nitrogens is 2. The Bertz CT molecular complexity index is 975. The summed E-state index contributed by atoms with van der Waals surface area (Å²) in [6.45, 7) is 0.371. The lowest BCUT2D eigenvalue weighted by Gasteiger charge is -2.11. The van der Waals surface area contributed by atoms with Crippen LogP contribution in [0, 0.1) is 17.1 Å². The van der Waals surface area contributed by atoms with Crippen molar-refractivity contribution in [2.75, 3.05) is 5.32 Å². The van der Waals surface area contributed by atoms with Gasteiger partial charge in [0.15, 0.2) is 0 Å². The summed E-state index contributed by atoms with van der Waals surface area (Å²) in [5.41, 5.74) is 1.61. The number of hydrogen-bond acceptors (Lipinski definition) is 4. The molecule has 0 amide bonds. The van der Waals surface area contributed by atoms with Gasteiger partial charge in [0.2, 0.25) is 0 Å². The molecule has 118 valence electrons. The summed E-state index contributed by atoms with van der Waals surface area (Å²) in [5, 5.41) is 12.1. The Morgan fingerprint density at radius 2 is 2.04 bits per heavy atom. The van der Waals surface area contributed by atoms with Gasteiger partial charge in [0, 0.05) is 18.1 Å². The van der Waals surface area contributed by atoms with Crippen molar-refractivity contribution in [1.82, 2.24) is 9.55 Å². The molecule has 0 aliphatic carbocycles. The lowest BCUT2D eigenvalue weighted by atomic mass is 10.1. The molecule has 0 unspecified atom stereocenters. The summed E-state index contributed by atoms with van der Waals surface area (Å²) >= 11 is 0. The zero-order chi connectivity index (χ0) is 16.9. The Hall–Kier alpha value is -3.46. The molecule has 0 bridgehead atoms. The first-order valence-electron chi connectivity index (χ1n) is 7.23. The molecule has 0 fully saturated rings. The Labute approximate surface area is 137 Å². The highest BCUT2D eigenvalue weighted by molar-refractivity contribution is 5.67. The second kappa shape index (κ2) is 6.75. The van der Waals surface area contributed by atoms with Gasteiger partial charge in [0.25, 0.3) is 0 Å². The molecule has 0 saturated heterocycles.